The summed E-state index contributed by atoms with van der Waals surface area (Å²) >= 11 is 6.52. The molecule has 1 aliphatic rings. The summed E-state index contributed by atoms with van der Waals surface area (Å²) in [6.45, 7) is 6.25. The van der Waals surface area contributed by atoms with E-state index in [0.29, 0.717) is 22.0 Å². The smallest absolute Gasteiger partial charge is 0.239 e. The number of amides is 1. The van der Waals surface area contributed by atoms with Crippen molar-refractivity contribution >= 4 is 39.6 Å². The van der Waals surface area contributed by atoms with Crippen molar-refractivity contribution in [2.45, 2.75) is 39.5 Å². The average molecular weight is 297 g/mol. The molecule has 0 radical (unpaired) electrons. The largest absolute Gasteiger partial charge is 0.392 e. The topological polar surface area (TPSA) is 68.0 Å². The summed E-state index contributed by atoms with van der Waals surface area (Å²) in [7, 11) is 0. The van der Waals surface area contributed by atoms with E-state index in [-0.39, 0.29) is 5.91 Å². The third kappa shape index (κ3) is 2.65. The number of rotatable bonds is 4. The molecule has 6 heteroatoms. The molecule has 2 rings (SSSR count). The van der Waals surface area contributed by atoms with E-state index in [2.05, 4.69) is 31.1 Å². The number of thiocarbonyl (C=S) groups is 1. The molecule has 0 aliphatic heterocycles. The molecule has 1 amide bonds. The maximum absolute atomic E-state index is 12.4. The zero-order valence-corrected chi connectivity index (χ0v) is 13.0. The number of thiazole rings is 1. The molecule has 3 N–H and O–H groups in total. The van der Waals surface area contributed by atoms with Gasteiger partial charge in [0, 0.05) is 5.38 Å². The Bertz CT molecular complexity index is 504. The standard InChI is InChI=1S/C13H19N3OS2/c1-7(2)9-6-19-12(15-9)16-11(17)13(10(14)18)4-8(3)5-13/h6-8H,4-5H2,1-3H3,(H2,14,18)(H,15,16,17). The van der Waals surface area contributed by atoms with Gasteiger partial charge in [0.2, 0.25) is 5.91 Å². The van der Waals surface area contributed by atoms with Gasteiger partial charge in [-0.3, -0.25) is 4.79 Å². The predicted molar refractivity (Wildman–Crippen MR) is 82.4 cm³/mol. The summed E-state index contributed by atoms with van der Waals surface area (Å²) < 4.78 is 0. The first-order valence-corrected chi connectivity index (χ1v) is 7.70. The number of hydrogen-bond acceptors (Lipinski definition) is 4. The van der Waals surface area contributed by atoms with E-state index < -0.39 is 5.41 Å². The number of nitrogens with two attached hydrogens (primary N) is 1. The van der Waals surface area contributed by atoms with Crippen molar-refractivity contribution in [1.29, 1.82) is 0 Å². The number of anilines is 1. The minimum absolute atomic E-state index is 0.109. The third-order valence-corrected chi connectivity index (χ3v) is 4.80. The van der Waals surface area contributed by atoms with Gasteiger partial charge in [0.05, 0.1) is 16.1 Å². The van der Waals surface area contributed by atoms with Crippen LogP contribution >= 0.6 is 23.6 Å². The SMILES string of the molecule is CC1CC(C(=O)Nc2nc(C(C)C)cs2)(C(N)=S)C1. The molecule has 0 spiro atoms. The highest BCUT2D eigenvalue weighted by atomic mass is 32.1. The Morgan fingerprint density at radius 3 is 2.68 bits per heavy atom. The summed E-state index contributed by atoms with van der Waals surface area (Å²) in [4.78, 5) is 17.1. The van der Waals surface area contributed by atoms with Crippen LogP contribution in [-0.2, 0) is 4.79 Å². The van der Waals surface area contributed by atoms with Crippen molar-refractivity contribution < 1.29 is 4.79 Å². The van der Waals surface area contributed by atoms with Gasteiger partial charge in [-0.15, -0.1) is 11.3 Å². The minimum atomic E-state index is -0.668. The lowest BCUT2D eigenvalue weighted by molar-refractivity contribution is -0.127. The molecule has 0 aromatic carbocycles. The third-order valence-electron chi connectivity index (χ3n) is 3.63. The molecule has 19 heavy (non-hydrogen) atoms. The van der Waals surface area contributed by atoms with Crippen molar-refractivity contribution in [2.24, 2.45) is 17.1 Å². The van der Waals surface area contributed by atoms with Crippen LogP contribution in [0.15, 0.2) is 5.38 Å². The first-order valence-electron chi connectivity index (χ1n) is 6.42. The molecule has 1 saturated carbocycles. The van der Waals surface area contributed by atoms with Gasteiger partial charge in [-0.2, -0.15) is 0 Å². The molecule has 0 atom stereocenters. The minimum Gasteiger partial charge on any atom is -0.392 e. The molecule has 0 unspecified atom stereocenters. The second kappa shape index (κ2) is 5.17. The lowest BCUT2D eigenvalue weighted by atomic mass is 9.62. The van der Waals surface area contributed by atoms with E-state index in [1.807, 2.05) is 5.38 Å². The molecular weight excluding hydrogens is 278 g/mol. The molecule has 104 valence electrons. The first-order chi connectivity index (χ1) is 8.85. The van der Waals surface area contributed by atoms with Crippen LogP contribution in [0.3, 0.4) is 0 Å². The van der Waals surface area contributed by atoms with E-state index >= 15 is 0 Å². The molecule has 1 aromatic rings. The molecular formula is C13H19N3OS2. The number of nitrogens with one attached hydrogen (secondary N) is 1. The molecule has 4 nitrogen and oxygen atoms in total. The van der Waals surface area contributed by atoms with Crippen LogP contribution in [0.4, 0.5) is 5.13 Å². The van der Waals surface area contributed by atoms with E-state index in [1.54, 1.807) is 0 Å². The van der Waals surface area contributed by atoms with Crippen molar-refractivity contribution in [3.63, 3.8) is 0 Å². The second-order valence-electron chi connectivity index (χ2n) is 5.65. The highest BCUT2D eigenvalue weighted by Gasteiger charge is 2.51. The molecule has 0 saturated heterocycles. The Hall–Kier alpha value is -1.01. The van der Waals surface area contributed by atoms with Crippen LogP contribution < -0.4 is 11.1 Å². The monoisotopic (exact) mass is 297 g/mol. The van der Waals surface area contributed by atoms with E-state index in [4.69, 9.17) is 18.0 Å². The van der Waals surface area contributed by atoms with Gasteiger partial charge in [0.25, 0.3) is 0 Å². The molecule has 1 aromatic heterocycles. The normalized spacial score (nSPS) is 26.0. The fraction of sp³-hybridized carbons (Fsp3) is 0.615. The number of carbonyl (C=O) groups is 1. The lowest BCUT2D eigenvalue weighted by Crippen LogP contribution is -2.53. The van der Waals surface area contributed by atoms with Crippen molar-refractivity contribution in [3.8, 4) is 0 Å². The van der Waals surface area contributed by atoms with Crippen LogP contribution in [0.5, 0.6) is 0 Å². The highest BCUT2D eigenvalue weighted by molar-refractivity contribution is 7.80. The van der Waals surface area contributed by atoms with Gasteiger partial charge in [0.15, 0.2) is 5.13 Å². The maximum atomic E-state index is 12.4. The molecule has 1 heterocycles. The number of nitrogens with zero attached hydrogens (tertiary/aromatic N) is 1. The Morgan fingerprint density at radius 2 is 2.26 bits per heavy atom. The van der Waals surface area contributed by atoms with Gasteiger partial charge >= 0.3 is 0 Å². The van der Waals surface area contributed by atoms with Crippen molar-refractivity contribution in [1.82, 2.24) is 4.98 Å². The summed E-state index contributed by atoms with van der Waals surface area (Å²) in [5, 5.41) is 5.46. The Morgan fingerprint density at radius 1 is 1.63 bits per heavy atom. The van der Waals surface area contributed by atoms with E-state index in [9.17, 15) is 4.79 Å². The van der Waals surface area contributed by atoms with Crippen LogP contribution in [0.1, 0.15) is 45.2 Å². The predicted octanol–water partition coefficient (Wildman–Crippen LogP) is 2.91. The fourth-order valence-corrected chi connectivity index (χ4v) is 3.58. The number of aromatic nitrogens is 1. The number of hydrogen-bond donors (Lipinski definition) is 2. The van der Waals surface area contributed by atoms with Gasteiger partial charge in [0.1, 0.15) is 0 Å². The van der Waals surface area contributed by atoms with Gasteiger partial charge in [-0.1, -0.05) is 33.0 Å². The van der Waals surface area contributed by atoms with Gasteiger partial charge in [-0.05, 0) is 24.7 Å². The Labute approximate surface area is 122 Å². The summed E-state index contributed by atoms with van der Waals surface area (Å²) in [5.74, 6) is 0.743. The first kappa shape index (κ1) is 14.4. The Kier molecular flexibility index (Phi) is 3.92. The van der Waals surface area contributed by atoms with Crippen LogP contribution in [-0.4, -0.2) is 15.9 Å². The van der Waals surface area contributed by atoms with Crippen LogP contribution in [0.2, 0.25) is 0 Å². The lowest BCUT2D eigenvalue weighted by Gasteiger charge is -2.43. The fourth-order valence-electron chi connectivity index (χ4n) is 2.45. The summed E-state index contributed by atoms with van der Waals surface area (Å²) in [6, 6.07) is 0. The second-order valence-corrected chi connectivity index (χ2v) is 6.94. The molecule has 1 aliphatic carbocycles. The zero-order valence-electron chi connectivity index (χ0n) is 11.4. The highest BCUT2D eigenvalue weighted by Crippen LogP contribution is 2.46. The van der Waals surface area contributed by atoms with Gasteiger partial charge in [-0.25, -0.2) is 4.98 Å². The summed E-state index contributed by atoms with van der Waals surface area (Å²) in [6.07, 6.45) is 1.47. The van der Waals surface area contributed by atoms with E-state index in [1.165, 1.54) is 11.3 Å². The number of carbonyl (C=O) groups excluding carboxylic acids is 1. The van der Waals surface area contributed by atoms with Crippen LogP contribution in [0.25, 0.3) is 0 Å². The van der Waals surface area contributed by atoms with E-state index in [0.717, 1.165) is 18.5 Å². The Balaban J connectivity index is 2.09. The molecule has 1 fully saturated rings. The zero-order chi connectivity index (χ0) is 14.2. The van der Waals surface area contributed by atoms with Crippen molar-refractivity contribution in [3.05, 3.63) is 11.1 Å². The van der Waals surface area contributed by atoms with Crippen molar-refractivity contribution in [2.75, 3.05) is 5.32 Å². The maximum Gasteiger partial charge on any atom is 0.239 e. The average Bonchev–Trinajstić information content (AvgIpc) is 2.72. The van der Waals surface area contributed by atoms with Gasteiger partial charge < -0.3 is 11.1 Å². The summed E-state index contributed by atoms with van der Waals surface area (Å²) in [5.41, 5.74) is 6.08. The van der Waals surface area contributed by atoms with Crippen LogP contribution in [0, 0.1) is 11.3 Å². The molecule has 0 bridgehead atoms. The quantitative estimate of drug-likeness (QED) is 0.839.